The number of aliphatic hydroxyl groups is 5. The van der Waals surface area contributed by atoms with Crippen LogP contribution in [0.25, 0.3) is 0 Å². The number of allylic oxidation sites excluding steroid dienone is 1. The van der Waals surface area contributed by atoms with Crippen molar-refractivity contribution in [3.05, 3.63) is 11.8 Å². The summed E-state index contributed by atoms with van der Waals surface area (Å²) in [5.74, 6) is -3.02. The van der Waals surface area contributed by atoms with Gasteiger partial charge in [0, 0.05) is 28.4 Å². The number of aliphatic hydroxyl groups excluding tert-OH is 5. The monoisotopic (exact) mass is 828 g/mol. The van der Waals surface area contributed by atoms with Gasteiger partial charge in [-0.25, -0.2) is 9.59 Å². The maximum Gasteiger partial charge on any atom is 0.335 e. The maximum absolute atomic E-state index is 11.4. The van der Waals surface area contributed by atoms with Gasteiger partial charge >= 0.3 is 11.9 Å². The Balaban J connectivity index is 0.000000306. The predicted molar refractivity (Wildman–Crippen MR) is 177 cm³/mol. The Morgan fingerprint density at radius 1 is 0.632 bits per heavy atom. The third-order valence-electron chi connectivity index (χ3n) is 9.13. The standard InChI is InChI=1S/C16H25NO12.C16H23NO11/c1-25-12-9(21)10(22)16(29-13(12)14(23)24)28-11-7(17-3-4-18)15(26-2)27-6(5-19)8(11)20;1-24-12-10(20)11(21)16(28-13(12)14(22)23)27-8-5-7(6-19)26-15(25-2)9(8)17-3-4-18/h4-13,15-17,20-22H,3H2,1-2H3,(H,23,24);4-6,8-13,15-17,20-21H,3H2,1-2H3,(H,22,23). The smallest absolute Gasteiger partial charge is 0.335 e. The average Bonchev–Trinajstić information content (AvgIpc) is 3.20. The summed E-state index contributed by atoms with van der Waals surface area (Å²) in [5.41, 5.74) is 0. The highest BCUT2D eigenvalue weighted by Crippen LogP contribution is 2.31. The lowest BCUT2D eigenvalue weighted by atomic mass is 9.95. The highest BCUT2D eigenvalue weighted by Gasteiger charge is 2.54. The molecule has 3 saturated heterocycles. The molecule has 57 heavy (non-hydrogen) atoms. The van der Waals surface area contributed by atoms with Crippen LogP contribution in [-0.4, -0.2) is 225 Å². The van der Waals surface area contributed by atoms with Crippen molar-refractivity contribution in [2.45, 2.75) is 110 Å². The van der Waals surface area contributed by atoms with Gasteiger partial charge in [0.25, 0.3) is 0 Å². The molecular formula is C32H48N2O23. The van der Waals surface area contributed by atoms with Crippen LogP contribution in [0.1, 0.15) is 0 Å². The van der Waals surface area contributed by atoms with Crippen LogP contribution in [0.4, 0.5) is 0 Å². The molecule has 324 valence electrons. The Labute approximate surface area is 323 Å². The number of carbonyl (C=O) groups is 6. The first-order chi connectivity index (χ1) is 27.2. The molecule has 4 rings (SSSR count). The van der Waals surface area contributed by atoms with Crippen LogP contribution in [-0.2, 0) is 76.1 Å². The Kier molecular flexibility index (Phi) is 19.0. The Bertz CT molecular complexity index is 1370. The van der Waals surface area contributed by atoms with Crippen LogP contribution in [0.2, 0.25) is 0 Å². The number of carboxylic acids is 2. The molecule has 25 nitrogen and oxygen atoms in total. The first-order valence-electron chi connectivity index (χ1n) is 17.1. The molecule has 0 spiro atoms. The molecule has 4 aliphatic heterocycles. The zero-order valence-electron chi connectivity index (χ0n) is 30.9. The van der Waals surface area contributed by atoms with Gasteiger partial charge in [-0.2, -0.15) is 0 Å². The van der Waals surface area contributed by atoms with E-state index in [0.717, 1.165) is 7.11 Å². The van der Waals surface area contributed by atoms with Gasteiger partial charge in [-0.05, 0) is 6.08 Å². The highest BCUT2D eigenvalue weighted by molar-refractivity contribution is 5.74. The number of ether oxygens (including phenoxy) is 10. The van der Waals surface area contributed by atoms with Gasteiger partial charge in [-0.15, -0.1) is 0 Å². The van der Waals surface area contributed by atoms with E-state index in [2.05, 4.69) is 10.6 Å². The largest absolute Gasteiger partial charge is 0.479 e. The average molecular weight is 829 g/mol. The molecule has 4 aliphatic rings. The number of hydrogen-bond donors (Lipinski definition) is 9. The SMILES string of the molecule is COC1OC(C=O)=CC(OC2OC(C(=O)O)C(OC)C(O)C2O)C1NCC=O.COC1OC(C=O)C(O)C(OC2OC(C(=O)O)C(OC)C(O)C2O)C1NCC=O. The summed E-state index contributed by atoms with van der Waals surface area (Å²) in [6.45, 7) is -0.287. The van der Waals surface area contributed by atoms with Crippen LogP contribution in [0.3, 0.4) is 0 Å². The molecule has 0 saturated carbocycles. The summed E-state index contributed by atoms with van der Waals surface area (Å²) in [6, 6.07) is -1.82. The Morgan fingerprint density at radius 2 is 1.12 bits per heavy atom. The van der Waals surface area contributed by atoms with Crippen LogP contribution in [0.15, 0.2) is 11.8 Å². The summed E-state index contributed by atoms with van der Waals surface area (Å²) >= 11 is 0. The van der Waals surface area contributed by atoms with Crippen LogP contribution in [0, 0.1) is 0 Å². The molecule has 0 aromatic carbocycles. The van der Waals surface area contributed by atoms with Gasteiger partial charge in [0.15, 0.2) is 49.4 Å². The molecule has 3 fully saturated rings. The van der Waals surface area contributed by atoms with Crippen molar-refractivity contribution in [2.24, 2.45) is 0 Å². The molecule has 4 heterocycles. The zero-order valence-corrected chi connectivity index (χ0v) is 30.9. The number of hydrogen-bond acceptors (Lipinski definition) is 23. The van der Waals surface area contributed by atoms with Gasteiger partial charge in [0.2, 0.25) is 6.29 Å². The van der Waals surface area contributed by atoms with E-state index >= 15 is 0 Å². The number of methoxy groups -OCH3 is 4. The van der Waals surface area contributed by atoms with Gasteiger partial charge < -0.3 is 103 Å². The maximum atomic E-state index is 11.4. The lowest BCUT2D eigenvalue weighted by molar-refractivity contribution is -0.335. The van der Waals surface area contributed by atoms with Gasteiger partial charge in [0.05, 0.1) is 19.1 Å². The van der Waals surface area contributed by atoms with Crippen molar-refractivity contribution in [2.75, 3.05) is 41.5 Å². The molecule has 18 unspecified atom stereocenters. The van der Waals surface area contributed by atoms with Gasteiger partial charge in [-0.1, -0.05) is 0 Å². The second-order valence-electron chi connectivity index (χ2n) is 12.5. The molecule has 0 aliphatic carbocycles. The molecule has 0 bridgehead atoms. The molecule has 25 heteroatoms. The fourth-order valence-electron chi connectivity index (χ4n) is 6.33. The summed E-state index contributed by atoms with van der Waals surface area (Å²) < 4.78 is 52.4. The third-order valence-corrected chi connectivity index (χ3v) is 9.13. The van der Waals surface area contributed by atoms with Gasteiger partial charge in [0.1, 0.15) is 79.7 Å². The summed E-state index contributed by atoms with van der Waals surface area (Å²) in [7, 11) is 4.88. The van der Waals surface area contributed by atoms with Crippen LogP contribution < -0.4 is 10.6 Å². The summed E-state index contributed by atoms with van der Waals surface area (Å²) in [4.78, 5) is 66.7. The number of rotatable bonds is 18. The molecule has 0 radical (unpaired) electrons. The fraction of sp³-hybridized carbons (Fsp3) is 0.750. The van der Waals surface area contributed by atoms with E-state index in [9.17, 15) is 64.5 Å². The second kappa shape index (κ2) is 22.6. The molecule has 0 amide bonds. The van der Waals surface area contributed by atoms with E-state index in [1.54, 1.807) is 0 Å². The predicted octanol–water partition coefficient (Wildman–Crippen LogP) is -6.83. The minimum atomic E-state index is -1.74. The van der Waals surface area contributed by atoms with E-state index in [1.807, 2.05) is 0 Å². The number of carboxylic acid groups (broad SMARTS) is 2. The Hall–Kier alpha value is -3.48. The first-order valence-corrected chi connectivity index (χ1v) is 17.1. The lowest BCUT2D eigenvalue weighted by Crippen LogP contribution is -2.67. The third kappa shape index (κ3) is 11.4. The Morgan fingerprint density at radius 3 is 1.54 bits per heavy atom. The van der Waals surface area contributed by atoms with E-state index < -0.39 is 122 Å². The molecule has 18 atom stereocenters. The number of aldehydes is 4. The van der Waals surface area contributed by atoms with Crippen molar-refractivity contribution in [1.29, 1.82) is 0 Å². The summed E-state index contributed by atoms with van der Waals surface area (Å²) in [5, 5.41) is 75.5. The molecular weight excluding hydrogens is 780 g/mol. The van der Waals surface area contributed by atoms with Crippen molar-refractivity contribution in [3.8, 4) is 0 Å². The van der Waals surface area contributed by atoms with E-state index in [4.69, 9.17) is 47.4 Å². The highest BCUT2D eigenvalue weighted by atomic mass is 16.7. The molecule has 0 aromatic rings. The molecule has 0 aromatic heterocycles. The van der Waals surface area contributed by atoms with Crippen LogP contribution >= 0.6 is 0 Å². The zero-order chi connectivity index (χ0) is 42.6. The minimum Gasteiger partial charge on any atom is -0.479 e. The lowest BCUT2D eigenvalue weighted by Gasteiger charge is -2.46. The van der Waals surface area contributed by atoms with E-state index in [-0.39, 0.29) is 18.8 Å². The number of aliphatic carboxylic acids is 2. The van der Waals surface area contributed by atoms with E-state index in [1.165, 1.54) is 27.4 Å². The van der Waals surface area contributed by atoms with Gasteiger partial charge in [-0.3, -0.25) is 10.1 Å². The number of carbonyl (C=O) groups excluding carboxylic acids is 4. The first kappa shape index (κ1) is 47.9. The van der Waals surface area contributed by atoms with Crippen LogP contribution in [0.5, 0.6) is 0 Å². The fourth-order valence-corrected chi connectivity index (χ4v) is 6.33. The van der Waals surface area contributed by atoms with E-state index in [0.29, 0.717) is 25.1 Å². The topological polar surface area (TPSA) is 360 Å². The van der Waals surface area contributed by atoms with Crippen molar-refractivity contribution < 1.29 is 112 Å². The van der Waals surface area contributed by atoms with Crippen molar-refractivity contribution >= 4 is 37.1 Å². The second-order valence-corrected chi connectivity index (χ2v) is 12.5. The minimum absolute atomic E-state index is 0.0990. The van der Waals surface area contributed by atoms with Crippen molar-refractivity contribution in [1.82, 2.24) is 10.6 Å². The molecule has 9 N–H and O–H groups in total. The number of nitrogens with one attached hydrogen (secondary N) is 2. The summed E-state index contributed by atoms with van der Waals surface area (Å²) in [6.07, 6.45) is -20.3. The van der Waals surface area contributed by atoms with Crippen molar-refractivity contribution in [3.63, 3.8) is 0 Å². The normalized spacial score (nSPS) is 40.6. The quantitative estimate of drug-likeness (QED) is 0.0580.